The second-order valence-corrected chi connectivity index (χ2v) is 11.1. The number of carbonyl (C=O) groups excluding carboxylic acids is 3. The predicted octanol–water partition coefficient (Wildman–Crippen LogP) is 1.94. The number of hydrogen-bond acceptors (Lipinski definition) is 5. The highest BCUT2D eigenvalue weighted by Gasteiger charge is 2.75. The summed E-state index contributed by atoms with van der Waals surface area (Å²) in [4.78, 5) is 42.2. The van der Waals surface area contributed by atoms with E-state index in [1.165, 1.54) is 0 Å². The summed E-state index contributed by atoms with van der Waals surface area (Å²) in [6.45, 7) is 5.48. The SMILES string of the molecule is CCCCNC(=O)C1N(CCCO)C(=O)[C@@H]2[C@H](C(=O)NCc3ccccc3)[C@@H]3CC(C)C12S3. The maximum Gasteiger partial charge on any atom is 0.244 e. The van der Waals surface area contributed by atoms with Gasteiger partial charge in [0.2, 0.25) is 17.7 Å². The lowest BCUT2D eigenvalue weighted by Gasteiger charge is -2.38. The lowest BCUT2D eigenvalue weighted by molar-refractivity contribution is -0.140. The Morgan fingerprint density at radius 3 is 2.64 bits per heavy atom. The predicted molar refractivity (Wildman–Crippen MR) is 128 cm³/mol. The van der Waals surface area contributed by atoms with Gasteiger partial charge in [-0.25, -0.2) is 0 Å². The van der Waals surface area contributed by atoms with Gasteiger partial charge in [-0.3, -0.25) is 14.4 Å². The van der Waals surface area contributed by atoms with E-state index in [4.69, 9.17) is 0 Å². The largest absolute Gasteiger partial charge is 0.396 e. The summed E-state index contributed by atoms with van der Waals surface area (Å²) in [5.41, 5.74) is 1.01. The summed E-state index contributed by atoms with van der Waals surface area (Å²) in [7, 11) is 0. The van der Waals surface area contributed by atoms with E-state index in [-0.39, 0.29) is 35.5 Å². The van der Waals surface area contributed by atoms with Gasteiger partial charge in [0.1, 0.15) is 6.04 Å². The molecule has 3 saturated heterocycles. The van der Waals surface area contributed by atoms with Crippen molar-refractivity contribution in [2.75, 3.05) is 19.7 Å². The highest BCUT2D eigenvalue weighted by molar-refractivity contribution is 8.02. The number of nitrogens with one attached hydrogen (secondary N) is 2. The Bertz CT molecular complexity index is 882. The quantitative estimate of drug-likeness (QED) is 0.451. The molecule has 0 saturated carbocycles. The second kappa shape index (κ2) is 10.1. The number of fused-ring (bicyclic) bond motifs is 1. The lowest BCUT2D eigenvalue weighted by Crippen LogP contribution is -2.56. The number of thioether (sulfide) groups is 1. The number of amides is 3. The van der Waals surface area contributed by atoms with Crippen molar-refractivity contribution in [2.24, 2.45) is 17.8 Å². The number of carbonyl (C=O) groups is 3. The number of likely N-dealkylation sites (tertiary alicyclic amines) is 1. The van der Waals surface area contributed by atoms with Crippen LogP contribution in [0.3, 0.4) is 0 Å². The van der Waals surface area contributed by atoms with Gasteiger partial charge < -0.3 is 20.6 Å². The summed E-state index contributed by atoms with van der Waals surface area (Å²) in [5.74, 6) is -1.12. The van der Waals surface area contributed by atoms with Crippen molar-refractivity contribution in [3.63, 3.8) is 0 Å². The Morgan fingerprint density at radius 1 is 1.18 bits per heavy atom. The molecule has 7 nitrogen and oxygen atoms in total. The Balaban J connectivity index is 1.60. The molecule has 1 aromatic rings. The van der Waals surface area contributed by atoms with E-state index in [2.05, 4.69) is 24.5 Å². The van der Waals surface area contributed by atoms with Gasteiger partial charge >= 0.3 is 0 Å². The van der Waals surface area contributed by atoms with Crippen molar-refractivity contribution in [3.8, 4) is 0 Å². The van der Waals surface area contributed by atoms with Crippen LogP contribution in [0.5, 0.6) is 0 Å². The van der Waals surface area contributed by atoms with Crippen molar-refractivity contribution in [1.29, 1.82) is 0 Å². The molecule has 1 aromatic carbocycles. The first-order chi connectivity index (χ1) is 16.0. The molecule has 6 atom stereocenters. The summed E-state index contributed by atoms with van der Waals surface area (Å²) in [5, 5.41) is 15.5. The van der Waals surface area contributed by atoms with E-state index >= 15 is 0 Å². The van der Waals surface area contributed by atoms with Gasteiger partial charge in [0.05, 0.1) is 16.6 Å². The van der Waals surface area contributed by atoms with Gasteiger partial charge in [-0.05, 0) is 30.7 Å². The van der Waals surface area contributed by atoms with E-state index in [0.717, 1.165) is 24.8 Å². The topological polar surface area (TPSA) is 98.7 Å². The van der Waals surface area contributed by atoms with Gasteiger partial charge in [0.15, 0.2) is 0 Å². The van der Waals surface area contributed by atoms with E-state index in [1.54, 1.807) is 16.7 Å². The normalized spacial score (nSPS) is 32.2. The molecule has 1 spiro atoms. The molecule has 33 heavy (non-hydrogen) atoms. The van der Waals surface area contributed by atoms with Crippen molar-refractivity contribution in [1.82, 2.24) is 15.5 Å². The highest BCUT2D eigenvalue weighted by atomic mass is 32.2. The third-order valence-electron chi connectivity index (χ3n) is 7.49. The zero-order valence-electron chi connectivity index (χ0n) is 19.5. The first-order valence-corrected chi connectivity index (χ1v) is 13.0. The van der Waals surface area contributed by atoms with E-state index in [9.17, 15) is 19.5 Å². The Kier molecular flexibility index (Phi) is 7.34. The van der Waals surface area contributed by atoms with E-state index < -0.39 is 22.6 Å². The fraction of sp³-hybridized carbons (Fsp3) is 0.640. The van der Waals surface area contributed by atoms with Gasteiger partial charge in [-0.15, -0.1) is 11.8 Å². The van der Waals surface area contributed by atoms with Gasteiger partial charge in [0.25, 0.3) is 0 Å². The van der Waals surface area contributed by atoms with E-state index in [1.807, 2.05) is 30.3 Å². The molecule has 2 bridgehead atoms. The third kappa shape index (κ3) is 4.16. The van der Waals surface area contributed by atoms with Gasteiger partial charge in [-0.1, -0.05) is 50.6 Å². The average Bonchev–Trinajstić information content (AvgIpc) is 3.40. The molecule has 3 aliphatic heterocycles. The minimum absolute atomic E-state index is 0.0376. The van der Waals surface area contributed by atoms with Crippen LogP contribution in [0.15, 0.2) is 30.3 Å². The number of hydrogen-bond donors (Lipinski definition) is 3. The zero-order chi connectivity index (χ0) is 23.6. The zero-order valence-corrected chi connectivity index (χ0v) is 20.3. The van der Waals surface area contributed by atoms with Crippen LogP contribution in [-0.4, -0.2) is 63.5 Å². The van der Waals surface area contributed by atoms with Crippen LogP contribution in [0, 0.1) is 17.8 Å². The van der Waals surface area contributed by atoms with Crippen LogP contribution in [0.2, 0.25) is 0 Å². The number of benzene rings is 1. The van der Waals surface area contributed by atoms with Crippen molar-refractivity contribution >= 4 is 29.5 Å². The number of aliphatic hydroxyl groups is 1. The first-order valence-electron chi connectivity index (χ1n) is 12.1. The molecule has 0 aliphatic carbocycles. The molecule has 0 aromatic heterocycles. The molecule has 3 amide bonds. The van der Waals surface area contributed by atoms with Crippen molar-refractivity contribution in [3.05, 3.63) is 35.9 Å². The van der Waals surface area contributed by atoms with Gasteiger partial charge in [0, 0.05) is 31.5 Å². The number of unbranched alkanes of at least 4 members (excludes halogenated alkanes) is 1. The maximum absolute atomic E-state index is 13.7. The van der Waals surface area contributed by atoms with Crippen LogP contribution in [0.25, 0.3) is 0 Å². The number of rotatable bonds is 10. The molecular weight excluding hydrogens is 438 g/mol. The molecular formula is C25H35N3O4S. The number of nitrogens with zero attached hydrogens (tertiary/aromatic N) is 1. The summed E-state index contributed by atoms with van der Waals surface area (Å²) >= 11 is 1.69. The molecule has 0 radical (unpaired) electrons. The summed E-state index contributed by atoms with van der Waals surface area (Å²) in [6, 6.07) is 9.14. The van der Waals surface area contributed by atoms with Crippen LogP contribution in [0.4, 0.5) is 0 Å². The second-order valence-electron chi connectivity index (χ2n) is 9.51. The fourth-order valence-electron chi connectivity index (χ4n) is 5.99. The molecule has 3 heterocycles. The first kappa shape index (κ1) is 24.1. The van der Waals surface area contributed by atoms with Gasteiger partial charge in [-0.2, -0.15) is 0 Å². The smallest absolute Gasteiger partial charge is 0.244 e. The number of aliphatic hydroxyl groups excluding tert-OH is 1. The molecule has 180 valence electrons. The molecule has 3 N–H and O–H groups in total. The molecule has 4 rings (SSSR count). The minimum Gasteiger partial charge on any atom is -0.396 e. The molecule has 8 heteroatoms. The molecule has 3 unspecified atom stereocenters. The van der Waals surface area contributed by atoms with Crippen molar-refractivity contribution in [2.45, 2.75) is 62.1 Å². The Morgan fingerprint density at radius 2 is 1.94 bits per heavy atom. The standard InChI is InChI=1S/C25H35N3O4S/c1-3-4-11-26-23(31)21-25-16(2)14-18(33-25)19(20(25)24(32)28(21)12-8-13-29)22(30)27-15-17-9-6-5-7-10-17/h5-7,9-10,16,18-21,29H,3-4,8,11-15H2,1-2H3,(H,26,31)(H,27,30)/t16?,18-,19+,20-,21?,25?/m0/s1. The monoisotopic (exact) mass is 473 g/mol. The van der Waals surface area contributed by atoms with Crippen LogP contribution in [0.1, 0.15) is 45.1 Å². The summed E-state index contributed by atoms with van der Waals surface area (Å²) < 4.78 is -0.595. The van der Waals surface area contributed by atoms with Crippen LogP contribution >= 0.6 is 11.8 Å². The maximum atomic E-state index is 13.7. The minimum atomic E-state index is -0.602. The molecule has 3 fully saturated rings. The van der Waals surface area contributed by atoms with E-state index in [0.29, 0.717) is 26.1 Å². The highest BCUT2D eigenvalue weighted by Crippen LogP contribution is 2.68. The van der Waals surface area contributed by atoms with Crippen LogP contribution in [-0.2, 0) is 20.9 Å². The molecule has 3 aliphatic rings. The third-order valence-corrected chi connectivity index (χ3v) is 9.57. The van der Waals surface area contributed by atoms with Crippen molar-refractivity contribution < 1.29 is 19.5 Å². The Hall–Kier alpha value is -2.06. The fourth-order valence-corrected chi connectivity index (χ4v) is 8.41. The average molecular weight is 474 g/mol. The lowest BCUT2D eigenvalue weighted by atomic mass is 9.66. The van der Waals surface area contributed by atoms with Crippen LogP contribution < -0.4 is 10.6 Å². The summed E-state index contributed by atoms with van der Waals surface area (Å²) in [6.07, 6.45) is 3.10. The Labute approximate surface area is 200 Å².